The Balaban J connectivity index is 2.65. The molecule has 0 fully saturated rings. The molecule has 0 bridgehead atoms. The molecular weight excluding hydrogens is 189 g/mol. The van der Waals surface area contributed by atoms with Crippen LogP contribution in [-0.2, 0) is 0 Å². The molecule has 0 saturated heterocycles. The van der Waals surface area contributed by atoms with Gasteiger partial charge in [0.25, 0.3) is 0 Å². The van der Waals surface area contributed by atoms with Gasteiger partial charge >= 0.3 is 0 Å². The molecule has 0 aromatic heterocycles. The third-order valence-corrected chi connectivity index (χ3v) is 2.12. The van der Waals surface area contributed by atoms with E-state index in [0.29, 0.717) is 16.7 Å². The number of hydrogen-bond acceptors (Lipinski definition) is 1. The molecule has 0 heterocycles. The van der Waals surface area contributed by atoms with Crippen molar-refractivity contribution in [3.05, 3.63) is 59.9 Å². The molecule has 0 atom stereocenters. The van der Waals surface area contributed by atoms with Gasteiger partial charge in [0, 0.05) is 11.1 Å². The summed E-state index contributed by atoms with van der Waals surface area (Å²) in [5.74, 6) is -0.337. The van der Waals surface area contributed by atoms with Crippen molar-refractivity contribution < 1.29 is 4.39 Å². The van der Waals surface area contributed by atoms with E-state index in [1.807, 2.05) is 6.07 Å². The standard InChI is InChI=1S/C13H7FN/c14-13-8-4-3-7-12(13)11-6-2-1-5-10(11)9-15/h1-5,7-8H. The van der Waals surface area contributed by atoms with E-state index in [1.54, 1.807) is 36.4 Å². The van der Waals surface area contributed by atoms with E-state index in [0.717, 1.165) is 0 Å². The van der Waals surface area contributed by atoms with Gasteiger partial charge in [-0.2, -0.15) is 5.26 Å². The molecule has 0 aliphatic carbocycles. The Morgan fingerprint density at radius 1 is 1.13 bits per heavy atom. The monoisotopic (exact) mass is 196 g/mol. The fourth-order valence-electron chi connectivity index (χ4n) is 1.42. The number of rotatable bonds is 1. The predicted octanol–water partition coefficient (Wildman–Crippen LogP) is 3.16. The maximum Gasteiger partial charge on any atom is 0.131 e. The van der Waals surface area contributed by atoms with Gasteiger partial charge in [-0.1, -0.05) is 30.3 Å². The van der Waals surface area contributed by atoms with Crippen molar-refractivity contribution in [3.8, 4) is 17.2 Å². The van der Waals surface area contributed by atoms with Crippen molar-refractivity contribution in [2.75, 3.05) is 0 Å². The molecule has 2 rings (SSSR count). The van der Waals surface area contributed by atoms with Gasteiger partial charge in [-0.3, -0.25) is 0 Å². The van der Waals surface area contributed by atoms with Crippen LogP contribution in [0, 0.1) is 23.2 Å². The first-order valence-corrected chi connectivity index (χ1v) is 4.48. The van der Waals surface area contributed by atoms with E-state index in [-0.39, 0.29) is 5.82 Å². The Morgan fingerprint density at radius 3 is 2.67 bits per heavy atom. The second-order valence-electron chi connectivity index (χ2n) is 3.05. The molecule has 0 aliphatic rings. The third kappa shape index (κ3) is 1.72. The van der Waals surface area contributed by atoms with Crippen LogP contribution >= 0.6 is 0 Å². The highest BCUT2D eigenvalue weighted by molar-refractivity contribution is 5.70. The summed E-state index contributed by atoms with van der Waals surface area (Å²) in [6.45, 7) is 0. The van der Waals surface area contributed by atoms with Crippen molar-refractivity contribution in [2.45, 2.75) is 0 Å². The average Bonchev–Trinajstić information content (AvgIpc) is 2.30. The molecule has 1 nitrogen and oxygen atoms in total. The van der Waals surface area contributed by atoms with Crippen LogP contribution in [0.4, 0.5) is 4.39 Å². The van der Waals surface area contributed by atoms with Crippen LogP contribution in [0.2, 0.25) is 0 Å². The van der Waals surface area contributed by atoms with Crippen LogP contribution in [-0.4, -0.2) is 0 Å². The second kappa shape index (κ2) is 3.93. The van der Waals surface area contributed by atoms with Crippen molar-refractivity contribution in [1.29, 1.82) is 5.26 Å². The summed E-state index contributed by atoms with van der Waals surface area (Å²) < 4.78 is 13.5. The molecule has 71 valence electrons. The average molecular weight is 196 g/mol. The van der Waals surface area contributed by atoms with Crippen molar-refractivity contribution >= 4 is 0 Å². The third-order valence-electron chi connectivity index (χ3n) is 2.12. The topological polar surface area (TPSA) is 23.8 Å². The Bertz CT molecular complexity index is 526. The van der Waals surface area contributed by atoms with E-state index < -0.39 is 0 Å². The van der Waals surface area contributed by atoms with Gasteiger partial charge in [0.2, 0.25) is 0 Å². The molecule has 0 saturated carbocycles. The predicted molar refractivity (Wildman–Crippen MR) is 55.4 cm³/mol. The number of benzene rings is 2. The molecule has 0 aliphatic heterocycles. The van der Waals surface area contributed by atoms with E-state index in [1.165, 1.54) is 6.07 Å². The molecule has 15 heavy (non-hydrogen) atoms. The zero-order valence-electron chi connectivity index (χ0n) is 7.87. The minimum absolute atomic E-state index is 0.337. The van der Waals surface area contributed by atoms with Crippen LogP contribution in [0.25, 0.3) is 11.1 Å². The minimum atomic E-state index is -0.337. The summed E-state index contributed by atoms with van der Waals surface area (Å²) in [6, 6.07) is 16.3. The SMILES string of the molecule is N#Cc1ccc[c]c1-c1ccccc1F. The maximum absolute atomic E-state index is 13.5. The molecular formula is C13H7FN. The lowest BCUT2D eigenvalue weighted by molar-refractivity contribution is 0.631. The first-order chi connectivity index (χ1) is 7.33. The fraction of sp³-hybridized carbons (Fsp3) is 0. The molecule has 1 radical (unpaired) electrons. The van der Waals surface area contributed by atoms with E-state index in [4.69, 9.17) is 5.26 Å². The minimum Gasteiger partial charge on any atom is -0.206 e. The smallest absolute Gasteiger partial charge is 0.131 e. The van der Waals surface area contributed by atoms with Gasteiger partial charge < -0.3 is 0 Å². The molecule has 2 aromatic rings. The highest BCUT2D eigenvalue weighted by atomic mass is 19.1. The fourth-order valence-corrected chi connectivity index (χ4v) is 1.42. The van der Waals surface area contributed by atoms with Gasteiger partial charge in [0.1, 0.15) is 5.82 Å². The molecule has 0 amide bonds. The Morgan fingerprint density at radius 2 is 1.93 bits per heavy atom. The van der Waals surface area contributed by atoms with Crippen LogP contribution in [0.5, 0.6) is 0 Å². The normalized spacial score (nSPS) is 9.60. The number of hydrogen-bond donors (Lipinski definition) is 0. The van der Waals surface area contributed by atoms with Gasteiger partial charge in [-0.25, -0.2) is 4.39 Å². The van der Waals surface area contributed by atoms with Crippen LogP contribution in [0.3, 0.4) is 0 Å². The summed E-state index contributed by atoms with van der Waals surface area (Å²) >= 11 is 0. The molecule has 0 spiro atoms. The first-order valence-electron chi connectivity index (χ1n) is 4.48. The molecule has 0 unspecified atom stereocenters. The summed E-state index contributed by atoms with van der Waals surface area (Å²) in [6.07, 6.45) is 0. The van der Waals surface area contributed by atoms with Crippen molar-refractivity contribution in [2.24, 2.45) is 0 Å². The number of halogens is 1. The highest BCUT2D eigenvalue weighted by Gasteiger charge is 2.07. The summed E-state index contributed by atoms with van der Waals surface area (Å²) in [7, 11) is 0. The number of nitriles is 1. The van der Waals surface area contributed by atoms with Gasteiger partial charge in [-0.05, 0) is 18.2 Å². The van der Waals surface area contributed by atoms with Crippen LogP contribution in [0.1, 0.15) is 5.56 Å². The maximum atomic E-state index is 13.5. The summed E-state index contributed by atoms with van der Waals surface area (Å²) in [4.78, 5) is 0. The van der Waals surface area contributed by atoms with Gasteiger partial charge in [-0.15, -0.1) is 0 Å². The molecule has 0 N–H and O–H groups in total. The van der Waals surface area contributed by atoms with Gasteiger partial charge in [0.05, 0.1) is 11.6 Å². The lowest BCUT2D eigenvalue weighted by atomic mass is 10.0. The largest absolute Gasteiger partial charge is 0.206 e. The molecule has 2 heteroatoms. The highest BCUT2D eigenvalue weighted by Crippen LogP contribution is 2.24. The Hall–Kier alpha value is -2.14. The van der Waals surface area contributed by atoms with Crippen LogP contribution < -0.4 is 0 Å². The summed E-state index contributed by atoms with van der Waals surface area (Å²) in [5.41, 5.74) is 1.36. The summed E-state index contributed by atoms with van der Waals surface area (Å²) in [5, 5.41) is 8.88. The zero-order valence-corrected chi connectivity index (χ0v) is 7.87. The molecule has 2 aromatic carbocycles. The van der Waals surface area contributed by atoms with Crippen molar-refractivity contribution in [1.82, 2.24) is 0 Å². The van der Waals surface area contributed by atoms with Gasteiger partial charge in [0.15, 0.2) is 0 Å². The van der Waals surface area contributed by atoms with E-state index >= 15 is 0 Å². The quantitative estimate of drug-likeness (QED) is 0.687. The van der Waals surface area contributed by atoms with Crippen molar-refractivity contribution in [3.63, 3.8) is 0 Å². The Kier molecular flexibility index (Phi) is 2.47. The van der Waals surface area contributed by atoms with E-state index in [9.17, 15) is 4.39 Å². The lowest BCUT2D eigenvalue weighted by Gasteiger charge is -2.03. The first kappa shape index (κ1) is 9.42. The Labute approximate surface area is 87.4 Å². The lowest BCUT2D eigenvalue weighted by Crippen LogP contribution is -1.87. The number of nitrogens with zero attached hydrogens (tertiary/aromatic N) is 1. The zero-order chi connectivity index (χ0) is 10.7. The second-order valence-corrected chi connectivity index (χ2v) is 3.05. The van der Waals surface area contributed by atoms with E-state index in [2.05, 4.69) is 6.07 Å². The van der Waals surface area contributed by atoms with Crippen LogP contribution in [0.15, 0.2) is 42.5 Å².